The minimum absolute atomic E-state index is 0.529. The zero-order valence-corrected chi connectivity index (χ0v) is 20.6. The monoisotopic (exact) mass is 522 g/mol. The van der Waals surface area contributed by atoms with Gasteiger partial charge >= 0.3 is 6.18 Å². The summed E-state index contributed by atoms with van der Waals surface area (Å²) in [5, 5.41) is 13.8. The number of methoxy groups -OCH3 is 1. The summed E-state index contributed by atoms with van der Waals surface area (Å²) < 4.78 is 38.4. The number of anilines is 1. The van der Waals surface area contributed by atoms with E-state index in [0.29, 0.717) is 11.3 Å². The van der Waals surface area contributed by atoms with Gasteiger partial charge in [0.1, 0.15) is 17.6 Å². The number of piperazine rings is 1. The van der Waals surface area contributed by atoms with Crippen LogP contribution in [0.4, 0.5) is 19.0 Å². The van der Waals surface area contributed by atoms with E-state index in [9.17, 15) is 18.4 Å². The Bertz CT molecular complexity index is 1410. The Morgan fingerprint density at radius 1 is 1.08 bits per heavy atom. The van der Waals surface area contributed by atoms with Gasteiger partial charge in [-0.25, -0.2) is 9.50 Å². The molecule has 1 aliphatic rings. The van der Waals surface area contributed by atoms with E-state index in [0.717, 1.165) is 55.2 Å². The maximum absolute atomic E-state index is 10.4. The molecule has 11 heteroatoms. The number of pyridine rings is 2. The Balaban J connectivity index is 0.000000505. The molecule has 1 saturated heterocycles. The number of alkyl halides is 3. The van der Waals surface area contributed by atoms with E-state index in [1.807, 2.05) is 12.3 Å². The SMILES string of the molecule is COc1cc(-c2ccc(N3CCN(Cc4ccccc4)CC3)nc2)c2c(C#N)cnn2c1.O=CC(F)(F)F. The van der Waals surface area contributed by atoms with Gasteiger partial charge in [0, 0.05) is 50.0 Å². The number of carbonyl (C=O) groups is 1. The van der Waals surface area contributed by atoms with Crippen molar-refractivity contribution in [2.24, 2.45) is 0 Å². The molecule has 0 amide bonds. The number of fused-ring (bicyclic) bond motifs is 1. The zero-order valence-electron chi connectivity index (χ0n) is 20.6. The molecule has 0 N–H and O–H groups in total. The number of halogens is 3. The van der Waals surface area contributed by atoms with Gasteiger partial charge in [-0.2, -0.15) is 23.5 Å². The maximum atomic E-state index is 10.4. The average molecular weight is 523 g/mol. The number of nitriles is 1. The quantitative estimate of drug-likeness (QED) is 0.360. The summed E-state index contributed by atoms with van der Waals surface area (Å²) in [6, 6.07) is 18.9. The van der Waals surface area contributed by atoms with Gasteiger partial charge in [0.2, 0.25) is 6.29 Å². The van der Waals surface area contributed by atoms with Crippen molar-refractivity contribution in [2.75, 3.05) is 38.2 Å². The second-order valence-corrected chi connectivity index (χ2v) is 8.57. The molecule has 0 atom stereocenters. The summed E-state index contributed by atoms with van der Waals surface area (Å²) >= 11 is 0. The highest BCUT2D eigenvalue weighted by Gasteiger charge is 2.25. The third-order valence-electron chi connectivity index (χ3n) is 6.08. The van der Waals surface area contributed by atoms with E-state index in [1.165, 1.54) is 5.56 Å². The van der Waals surface area contributed by atoms with Crippen LogP contribution in [-0.2, 0) is 11.3 Å². The lowest BCUT2D eigenvalue weighted by Crippen LogP contribution is -2.46. The summed E-state index contributed by atoms with van der Waals surface area (Å²) in [6.07, 6.45) is -0.479. The molecule has 1 aliphatic heterocycles. The van der Waals surface area contributed by atoms with Crippen LogP contribution in [0.1, 0.15) is 11.1 Å². The Labute approximate surface area is 217 Å². The molecule has 4 aromatic rings. The molecular formula is C27H25F3N6O2. The number of carbonyl (C=O) groups excluding carboxylic acids is 1. The normalized spacial score (nSPS) is 13.9. The van der Waals surface area contributed by atoms with E-state index in [1.54, 1.807) is 24.0 Å². The number of aromatic nitrogens is 3. The van der Waals surface area contributed by atoms with Gasteiger partial charge in [0.05, 0.1) is 30.6 Å². The van der Waals surface area contributed by atoms with Gasteiger partial charge in [-0.15, -0.1) is 0 Å². The molecule has 0 radical (unpaired) electrons. The van der Waals surface area contributed by atoms with Gasteiger partial charge in [0.15, 0.2) is 0 Å². The van der Waals surface area contributed by atoms with E-state index in [-0.39, 0.29) is 0 Å². The molecule has 0 bridgehead atoms. The van der Waals surface area contributed by atoms with Crippen LogP contribution >= 0.6 is 0 Å². The van der Waals surface area contributed by atoms with Crippen molar-refractivity contribution in [1.82, 2.24) is 19.5 Å². The molecule has 38 heavy (non-hydrogen) atoms. The number of ether oxygens (including phenoxy) is 1. The topological polar surface area (TPSA) is 86.8 Å². The van der Waals surface area contributed by atoms with E-state index in [2.05, 4.69) is 63.4 Å². The summed E-state index contributed by atoms with van der Waals surface area (Å²) in [4.78, 5) is 18.3. The Morgan fingerprint density at radius 3 is 2.37 bits per heavy atom. The van der Waals surface area contributed by atoms with Crippen molar-refractivity contribution in [3.8, 4) is 22.9 Å². The van der Waals surface area contributed by atoms with Crippen molar-refractivity contribution in [1.29, 1.82) is 5.26 Å². The van der Waals surface area contributed by atoms with Crippen molar-refractivity contribution in [3.05, 3.63) is 78.2 Å². The van der Waals surface area contributed by atoms with Crippen molar-refractivity contribution in [2.45, 2.75) is 12.7 Å². The van der Waals surface area contributed by atoms with Gasteiger partial charge in [0.25, 0.3) is 0 Å². The first-order valence-corrected chi connectivity index (χ1v) is 11.8. The lowest BCUT2D eigenvalue weighted by Gasteiger charge is -2.35. The number of benzene rings is 1. The highest BCUT2D eigenvalue weighted by Crippen LogP contribution is 2.31. The molecule has 1 fully saturated rings. The standard InChI is InChI=1S/C25H24N6O.C2HF3O/c1-32-22-13-23(25-21(14-26)16-28-31(25)18-22)20-7-8-24(27-15-20)30-11-9-29(10-12-30)17-19-5-3-2-4-6-19;3-2(4,5)1-6/h2-8,13,15-16,18H,9-12,17H2,1H3;1H. The van der Waals surface area contributed by atoms with Crippen LogP contribution in [-0.4, -0.2) is 65.2 Å². The lowest BCUT2D eigenvalue weighted by atomic mass is 10.1. The van der Waals surface area contributed by atoms with E-state index < -0.39 is 12.5 Å². The van der Waals surface area contributed by atoms with Crippen LogP contribution in [0.5, 0.6) is 5.75 Å². The molecular weight excluding hydrogens is 497 g/mol. The molecule has 1 aromatic carbocycles. The maximum Gasteiger partial charge on any atom is 0.446 e. The third kappa shape index (κ3) is 6.46. The second-order valence-electron chi connectivity index (χ2n) is 8.57. The van der Waals surface area contributed by atoms with Gasteiger partial charge in [-0.3, -0.25) is 9.69 Å². The van der Waals surface area contributed by atoms with Gasteiger partial charge in [-0.1, -0.05) is 30.3 Å². The summed E-state index contributed by atoms with van der Waals surface area (Å²) in [5.41, 5.74) is 4.45. The summed E-state index contributed by atoms with van der Waals surface area (Å²) in [7, 11) is 1.62. The zero-order chi connectivity index (χ0) is 27.1. The van der Waals surface area contributed by atoms with Crippen LogP contribution in [0.15, 0.2) is 67.1 Å². The Kier molecular flexibility index (Phi) is 8.23. The minimum Gasteiger partial charge on any atom is -0.495 e. The molecule has 0 aliphatic carbocycles. The molecule has 4 heterocycles. The minimum atomic E-state index is -4.64. The highest BCUT2D eigenvalue weighted by molar-refractivity contribution is 5.85. The number of hydrogen-bond donors (Lipinski definition) is 0. The van der Waals surface area contributed by atoms with Crippen LogP contribution in [0.3, 0.4) is 0 Å². The Hall–Kier alpha value is -4.43. The second kappa shape index (κ2) is 11.7. The number of rotatable bonds is 5. The molecule has 0 saturated carbocycles. The largest absolute Gasteiger partial charge is 0.495 e. The lowest BCUT2D eigenvalue weighted by molar-refractivity contribution is -0.156. The van der Waals surface area contributed by atoms with Gasteiger partial charge < -0.3 is 9.64 Å². The molecule has 5 rings (SSSR count). The van der Waals surface area contributed by atoms with Crippen LogP contribution in [0.25, 0.3) is 16.6 Å². The molecule has 0 unspecified atom stereocenters. The first-order chi connectivity index (χ1) is 18.3. The highest BCUT2D eigenvalue weighted by atomic mass is 19.4. The fraction of sp³-hybridized carbons (Fsp3) is 0.259. The van der Waals surface area contributed by atoms with E-state index in [4.69, 9.17) is 14.5 Å². The molecule has 0 spiro atoms. The van der Waals surface area contributed by atoms with E-state index >= 15 is 0 Å². The number of aldehydes is 1. The summed E-state index contributed by atoms with van der Waals surface area (Å²) in [5.74, 6) is 1.65. The molecule has 3 aromatic heterocycles. The van der Waals surface area contributed by atoms with Crippen LogP contribution < -0.4 is 9.64 Å². The van der Waals surface area contributed by atoms with Crippen molar-refractivity contribution < 1.29 is 22.7 Å². The smallest absolute Gasteiger partial charge is 0.446 e. The number of hydrogen-bond acceptors (Lipinski definition) is 7. The average Bonchev–Trinajstić information content (AvgIpc) is 3.37. The van der Waals surface area contributed by atoms with Crippen molar-refractivity contribution in [3.63, 3.8) is 0 Å². The molecule has 196 valence electrons. The van der Waals surface area contributed by atoms with Crippen LogP contribution in [0, 0.1) is 11.3 Å². The molecule has 8 nitrogen and oxygen atoms in total. The first-order valence-electron chi connectivity index (χ1n) is 11.8. The van der Waals surface area contributed by atoms with Gasteiger partial charge in [-0.05, 0) is 23.8 Å². The Morgan fingerprint density at radius 2 is 1.79 bits per heavy atom. The number of nitrogens with zero attached hydrogens (tertiary/aromatic N) is 6. The van der Waals surface area contributed by atoms with Crippen molar-refractivity contribution >= 4 is 17.6 Å². The fourth-order valence-corrected chi connectivity index (χ4v) is 4.22. The first kappa shape index (κ1) is 26.6. The predicted octanol–water partition coefficient (Wildman–Crippen LogP) is 4.35. The fourth-order valence-electron chi connectivity index (χ4n) is 4.22. The summed E-state index contributed by atoms with van der Waals surface area (Å²) in [6.45, 7) is 4.90. The predicted molar refractivity (Wildman–Crippen MR) is 136 cm³/mol. The third-order valence-corrected chi connectivity index (χ3v) is 6.08. The van der Waals surface area contributed by atoms with Crippen LogP contribution in [0.2, 0.25) is 0 Å².